The van der Waals surface area contributed by atoms with Crippen molar-refractivity contribution in [3.05, 3.63) is 71.4 Å². The van der Waals surface area contributed by atoms with E-state index in [1.807, 2.05) is 0 Å². The molecule has 27 heavy (non-hydrogen) atoms. The number of likely N-dealkylation sites (tertiary alicyclic amines) is 1. The molecule has 1 saturated heterocycles. The molecule has 0 amide bonds. The normalized spacial score (nSPS) is 18.5. The van der Waals surface area contributed by atoms with E-state index in [9.17, 15) is 0 Å². The van der Waals surface area contributed by atoms with Crippen LogP contribution in [0.5, 0.6) is 0 Å². The summed E-state index contributed by atoms with van der Waals surface area (Å²) in [5, 5.41) is 5.30. The molecular weight excluding hydrogens is 377 g/mol. The molecule has 2 aliphatic rings. The Labute approximate surface area is 173 Å². The van der Waals surface area contributed by atoms with Crippen LogP contribution in [0.1, 0.15) is 29.7 Å². The first-order chi connectivity index (χ1) is 12.3. The Hall–Kier alpha value is -1.52. The smallest absolute Gasteiger partial charge is 0.0614 e. The molecule has 0 radical (unpaired) electrons. The number of nitrogens with zero attached hydrogens (tertiary/aromatic N) is 1. The maximum atomic E-state index is 3.88. The quantitative estimate of drug-likeness (QED) is 0.652. The number of hydrogen-bond donors (Lipinski definition) is 2. The van der Waals surface area contributed by atoms with E-state index < -0.39 is 0 Å². The summed E-state index contributed by atoms with van der Waals surface area (Å²) in [6.07, 6.45) is 3.49. The number of nitrogens with one attached hydrogen (secondary N) is 2. The molecule has 0 bridgehead atoms. The maximum absolute atomic E-state index is 3.88. The number of para-hydroxylation sites is 1. The summed E-state index contributed by atoms with van der Waals surface area (Å²) in [7, 11) is 0. The fourth-order valence-electron chi connectivity index (χ4n) is 4.74. The van der Waals surface area contributed by atoms with Crippen LogP contribution < -0.4 is 5.32 Å². The molecule has 3 aromatic rings. The molecule has 0 unspecified atom stereocenters. The van der Waals surface area contributed by atoms with Crippen molar-refractivity contribution in [2.75, 3.05) is 19.6 Å². The lowest BCUT2D eigenvalue weighted by atomic mass is 9.79. The van der Waals surface area contributed by atoms with Crippen molar-refractivity contribution in [1.82, 2.24) is 15.2 Å². The number of H-pyrrole nitrogens is 1. The highest BCUT2D eigenvalue weighted by Crippen LogP contribution is 2.40. The average Bonchev–Trinajstić information content (AvgIpc) is 3.05. The molecule has 2 aliphatic heterocycles. The lowest BCUT2D eigenvalue weighted by Gasteiger charge is -2.45. The van der Waals surface area contributed by atoms with Crippen LogP contribution in [0, 0.1) is 0 Å². The van der Waals surface area contributed by atoms with E-state index in [1.54, 1.807) is 5.56 Å². The Morgan fingerprint density at radius 3 is 2.37 bits per heavy atom. The zero-order valence-electron chi connectivity index (χ0n) is 15.4. The number of fused-ring (bicyclic) bond motifs is 4. The summed E-state index contributed by atoms with van der Waals surface area (Å²) >= 11 is 0. The number of piperidine rings is 1. The maximum Gasteiger partial charge on any atom is 0.0614 e. The Kier molecular flexibility index (Phi) is 6.17. The Morgan fingerprint density at radius 1 is 0.889 bits per heavy atom. The van der Waals surface area contributed by atoms with Gasteiger partial charge in [0.2, 0.25) is 0 Å². The number of aromatic amines is 1. The van der Waals surface area contributed by atoms with Crippen LogP contribution in [0.15, 0.2) is 54.6 Å². The third-order valence-corrected chi connectivity index (χ3v) is 6.09. The van der Waals surface area contributed by atoms with Gasteiger partial charge in [-0.05, 0) is 36.5 Å². The van der Waals surface area contributed by atoms with Crippen molar-refractivity contribution >= 4 is 35.7 Å². The average molecular weight is 404 g/mol. The van der Waals surface area contributed by atoms with Crippen molar-refractivity contribution in [2.45, 2.75) is 31.3 Å². The van der Waals surface area contributed by atoms with Gasteiger partial charge in [0.15, 0.2) is 0 Å². The van der Waals surface area contributed by atoms with Gasteiger partial charge in [0.1, 0.15) is 0 Å². The molecule has 3 nitrogen and oxygen atoms in total. The van der Waals surface area contributed by atoms with E-state index in [0.717, 1.165) is 32.6 Å². The van der Waals surface area contributed by atoms with Crippen molar-refractivity contribution in [2.24, 2.45) is 0 Å². The van der Waals surface area contributed by atoms with E-state index in [-0.39, 0.29) is 30.4 Å². The van der Waals surface area contributed by atoms with Gasteiger partial charge >= 0.3 is 0 Å². The highest BCUT2D eigenvalue weighted by molar-refractivity contribution is 5.86. The fraction of sp³-hybridized carbons (Fsp3) is 0.364. The Balaban J connectivity index is 0.00000105. The van der Waals surface area contributed by atoms with E-state index >= 15 is 0 Å². The predicted molar refractivity (Wildman–Crippen MR) is 117 cm³/mol. The monoisotopic (exact) mass is 403 g/mol. The highest BCUT2D eigenvalue weighted by Gasteiger charge is 2.41. The number of halogens is 2. The minimum atomic E-state index is 0. The number of hydrogen-bond acceptors (Lipinski definition) is 2. The van der Waals surface area contributed by atoms with Gasteiger partial charge in [0.05, 0.1) is 5.54 Å². The summed E-state index contributed by atoms with van der Waals surface area (Å²) in [6.45, 7) is 4.46. The van der Waals surface area contributed by atoms with Gasteiger partial charge in [0.25, 0.3) is 0 Å². The first kappa shape index (κ1) is 20.2. The molecule has 5 heteroatoms. The number of aromatic nitrogens is 1. The van der Waals surface area contributed by atoms with E-state index in [1.165, 1.54) is 35.0 Å². The molecule has 1 spiro atoms. The molecule has 2 N–H and O–H groups in total. The standard InChI is InChI=1S/C22H25N3.2ClH/c1-2-6-17(7-3-1)16-25-14-11-22(12-15-25)21-19(10-13-23-22)18-8-4-5-9-20(18)24-21;;/h1-9,23-24H,10-16H2;2*1H. The molecule has 0 atom stereocenters. The minimum Gasteiger partial charge on any atom is -0.357 e. The predicted octanol–water partition coefficient (Wildman–Crippen LogP) is 4.65. The Bertz CT molecular complexity index is 883. The van der Waals surface area contributed by atoms with Crippen LogP contribution >= 0.6 is 24.8 Å². The molecule has 1 aromatic heterocycles. The van der Waals surface area contributed by atoms with Crippen LogP contribution in [-0.2, 0) is 18.5 Å². The summed E-state index contributed by atoms with van der Waals surface area (Å²) in [4.78, 5) is 6.36. The van der Waals surface area contributed by atoms with E-state index in [4.69, 9.17) is 0 Å². The topological polar surface area (TPSA) is 31.1 Å². The van der Waals surface area contributed by atoms with Crippen molar-refractivity contribution in [3.8, 4) is 0 Å². The van der Waals surface area contributed by atoms with E-state index in [0.29, 0.717) is 0 Å². The van der Waals surface area contributed by atoms with Crippen molar-refractivity contribution < 1.29 is 0 Å². The molecule has 144 valence electrons. The Morgan fingerprint density at radius 2 is 1.59 bits per heavy atom. The van der Waals surface area contributed by atoms with Crippen LogP contribution in [0.3, 0.4) is 0 Å². The lowest BCUT2D eigenvalue weighted by molar-refractivity contribution is 0.121. The molecular formula is C22H27Cl2N3. The van der Waals surface area contributed by atoms with Gasteiger partial charge in [-0.15, -0.1) is 24.8 Å². The van der Waals surface area contributed by atoms with Crippen LogP contribution in [-0.4, -0.2) is 29.5 Å². The second-order valence-corrected chi connectivity index (χ2v) is 7.54. The van der Waals surface area contributed by atoms with Gasteiger partial charge in [-0.2, -0.15) is 0 Å². The van der Waals surface area contributed by atoms with Crippen LogP contribution in [0.25, 0.3) is 10.9 Å². The highest BCUT2D eigenvalue weighted by atomic mass is 35.5. The van der Waals surface area contributed by atoms with Crippen LogP contribution in [0.4, 0.5) is 0 Å². The molecule has 1 fully saturated rings. The molecule has 0 aliphatic carbocycles. The zero-order valence-corrected chi connectivity index (χ0v) is 17.0. The summed E-state index contributed by atoms with van der Waals surface area (Å²) < 4.78 is 0. The molecule has 2 aromatic carbocycles. The van der Waals surface area contributed by atoms with Crippen molar-refractivity contribution in [1.29, 1.82) is 0 Å². The number of rotatable bonds is 2. The third kappa shape index (κ3) is 3.62. The SMILES string of the molecule is Cl.Cl.c1ccc(CN2CCC3(CC2)NCCc2c3[nH]c3ccccc23)cc1. The fourth-order valence-corrected chi connectivity index (χ4v) is 4.74. The number of benzene rings is 2. The van der Waals surface area contributed by atoms with Gasteiger partial charge in [-0.1, -0.05) is 48.5 Å². The van der Waals surface area contributed by atoms with Gasteiger partial charge in [0, 0.05) is 42.8 Å². The zero-order chi connectivity index (χ0) is 16.7. The third-order valence-electron chi connectivity index (χ3n) is 6.09. The van der Waals surface area contributed by atoms with Crippen LogP contribution in [0.2, 0.25) is 0 Å². The second kappa shape index (κ2) is 8.24. The van der Waals surface area contributed by atoms with Gasteiger partial charge in [-0.3, -0.25) is 4.90 Å². The lowest BCUT2D eigenvalue weighted by Crippen LogP contribution is -2.54. The van der Waals surface area contributed by atoms with Gasteiger partial charge in [-0.25, -0.2) is 0 Å². The summed E-state index contributed by atoms with van der Waals surface area (Å²) in [5.74, 6) is 0. The minimum absolute atomic E-state index is 0. The first-order valence-corrected chi connectivity index (χ1v) is 9.45. The molecule has 0 saturated carbocycles. The second-order valence-electron chi connectivity index (χ2n) is 7.54. The largest absolute Gasteiger partial charge is 0.357 e. The first-order valence-electron chi connectivity index (χ1n) is 9.45. The summed E-state index contributed by atoms with van der Waals surface area (Å²) in [5.41, 5.74) is 5.86. The van der Waals surface area contributed by atoms with Gasteiger partial charge < -0.3 is 10.3 Å². The van der Waals surface area contributed by atoms with Crippen molar-refractivity contribution in [3.63, 3.8) is 0 Å². The van der Waals surface area contributed by atoms with E-state index in [2.05, 4.69) is 69.8 Å². The summed E-state index contributed by atoms with van der Waals surface area (Å²) in [6, 6.07) is 19.6. The molecule has 5 rings (SSSR count). The molecule has 3 heterocycles.